The molecule has 0 aliphatic rings. The van der Waals surface area contributed by atoms with Gasteiger partial charge in [0.15, 0.2) is 6.10 Å². The first-order valence-electron chi connectivity index (χ1n) is 4.10. The van der Waals surface area contributed by atoms with E-state index in [1.54, 1.807) is 19.1 Å². The Balaban J connectivity index is 2.82. The van der Waals surface area contributed by atoms with E-state index in [2.05, 4.69) is 0 Å². The predicted molar refractivity (Wildman–Crippen MR) is 47.3 cm³/mol. The van der Waals surface area contributed by atoms with E-state index < -0.39 is 18.1 Å². The number of nitrogens with two attached hydrogens (primary N) is 1. The van der Waals surface area contributed by atoms with Crippen molar-refractivity contribution in [2.24, 2.45) is 11.7 Å². The van der Waals surface area contributed by atoms with Crippen LogP contribution in [0.2, 0.25) is 0 Å². The summed E-state index contributed by atoms with van der Waals surface area (Å²) in [6.07, 6.45) is 0.431. The molecule has 1 aromatic rings. The molecule has 1 rings (SSSR count). The molecule has 2 atom stereocenters. The van der Waals surface area contributed by atoms with E-state index in [0.717, 1.165) is 0 Å². The van der Waals surface area contributed by atoms with Crippen molar-refractivity contribution in [3.63, 3.8) is 0 Å². The highest BCUT2D eigenvalue weighted by atomic mass is 16.6. The maximum Gasteiger partial charge on any atom is 0.405 e. The van der Waals surface area contributed by atoms with Crippen molar-refractivity contribution in [3.8, 4) is 0 Å². The molecule has 76 valence electrons. The van der Waals surface area contributed by atoms with Crippen molar-refractivity contribution >= 4 is 12.4 Å². The Labute approximate surface area is 80.8 Å². The van der Waals surface area contributed by atoms with Crippen LogP contribution in [0, 0.1) is 5.92 Å². The van der Waals surface area contributed by atoms with Gasteiger partial charge in [0.25, 0.3) is 0 Å². The molecule has 2 unspecified atom stereocenters. The number of furan rings is 1. The molecule has 1 heterocycles. The third-order valence-corrected chi connectivity index (χ3v) is 1.76. The summed E-state index contributed by atoms with van der Waals surface area (Å²) in [5.41, 5.74) is 4.87. The third-order valence-electron chi connectivity index (χ3n) is 1.76. The van der Waals surface area contributed by atoms with Gasteiger partial charge in [0.05, 0.1) is 12.2 Å². The van der Waals surface area contributed by atoms with Gasteiger partial charge in [0.2, 0.25) is 0 Å². The van der Waals surface area contributed by atoms with Crippen LogP contribution in [0.4, 0.5) is 4.79 Å². The zero-order valence-electron chi connectivity index (χ0n) is 7.67. The molecule has 0 bridgehead atoms. The largest absolute Gasteiger partial charge is 0.465 e. The van der Waals surface area contributed by atoms with Crippen LogP contribution in [0.5, 0.6) is 0 Å². The smallest absolute Gasteiger partial charge is 0.405 e. The van der Waals surface area contributed by atoms with Crippen molar-refractivity contribution in [2.75, 3.05) is 0 Å². The van der Waals surface area contributed by atoms with E-state index in [1.807, 2.05) is 0 Å². The minimum absolute atomic E-state index is 0.406. The van der Waals surface area contributed by atoms with Gasteiger partial charge in [-0.1, -0.05) is 6.92 Å². The lowest BCUT2D eigenvalue weighted by Gasteiger charge is -2.16. The normalized spacial score (nSPS) is 14.4. The lowest BCUT2D eigenvalue weighted by Crippen LogP contribution is -2.22. The highest BCUT2D eigenvalue weighted by molar-refractivity contribution is 5.65. The van der Waals surface area contributed by atoms with Crippen LogP contribution in [0.1, 0.15) is 18.8 Å². The Hall–Kier alpha value is -1.78. The Bertz CT molecular complexity index is 307. The monoisotopic (exact) mass is 197 g/mol. The van der Waals surface area contributed by atoms with Crippen LogP contribution >= 0.6 is 0 Å². The first-order chi connectivity index (χ1) is 6.65. The summed E-state index contributed by atoms with van der Waals surface area (Å²) in [6, 6.07) is 3.26. The van der Waals surface area contributed by atoms with E-state index in [9.17, 15) is 9.59 Å². The van der Waals surface area contributed by atoms with Gasteiger partial charge in [0.1, 0.15) is 12.0 Å². The number of rotatable bonds is 4. The number of ether oxygens (including phenoxy) is 1. The summed E-state index contributed by atoms with van der Waals surface area (Å²) >= 11 is 0. The van der Waals surface area contributed by atoms with Gasteiger partial charge in [-0.25, -0.2) is 4.79 Å². The van der Waals surface area contributed by atoms with Gasteiger partial charge in [-0.05, 0) is 12.1 Å². The van der Waals surface area contributed by atoms with E-state index in [1.165, 1.54) is 6.26 Å². The minimum atomic E-state index is -0.930. The van der Waals surface area contributed by atoms with Crippen LogP contribution in [-0.4, -0.2) is 12.4 Å². The molecule has 2 N–H and O–H groups in total. The SMILES string of the molecule is CC(C=O)C(OC(N)=O)c1ccco1. The van der Waals surface area contributed by atoms with Crippen LogP contribution in [0.3, 0.4) is 0 Å². The third kappa shape index (κ3) is 2.35. The zero-order chi connectivity index (χ0) is 10.6. The Kier molecular flexibility index (Phi) is 3.28. The fourth-order valence-electron chi connectivity index (χ4n) is 1.07. The molecule has 14 heavy (non-hydrogen) atoms. The Morgan fingerprint density at radius 2 is 2.43 bits per heavy atom. The molecule has 0 saturated heterocycles. The van der Waals surface area contributed by atoms with Gasteiger partial charge in [0, 0.05) is 0 Å². The van der Waals surface area contributed by atoms with Gasteiger partial charge in [-0.15, -0.1) is 0 Å². The average molecular weight is 197 g/mol. The van der Waals surface area contributed by atoms with Crippen LogP contribution in [-0.2, 0) is 9.53 Å². The maximum atomic E-state index is 10.6. The first-order valence-corrected chi connectivity index (χ1v) is 4.10. The van der Waals surface area contributed by atoms with Gasteiger partial charge < -0.3 is 19.7 Å². The molecule has 0 aromatic carbocycles. The summed E-state index contributed by atoms with van der Waals surface area (Å²) in [6.45, 7) is 1.61. The quantitative estimate of drug-likeness (QED) is 0.736. The highest BCUT2D eigenvalue weighted by Crippen LogP contribution is 2.24. The molecule has 5 nitrogen and oxygen atoms in total. The molecular weight excluding hydrogens is 186 g/mol. The van der Waals surface area contributed by atoms with Crippen LogP contribution in [0.25, 0.3) is 0 Å². The molecule has 0 aliphatic carbocycles. The molecule has 0 spiro atoms. The van der Waals surface area contributed by atoms with Crippen molar-refractivity contribution in [2.45, 2.75) is 13.0 Å². The summed E-state index contributed by atoms with van der Waals surface area (Å²) in [5.74, 6) is -0.0861. The molecule has 0 fully saturated rings. The Morgan fingerprint density at radius 1 is 1.71 bits per heavy atom. The van der Waals surface area contributed by atoms with E-state index >= 15 is 0 Å². The number of amides is 1. The standard InChI is InChI=1S/C9H11NO4/c1-6(5-11)8(14-9(10)12)7-3-2-4-13-7/h2-6,8H,1H3,(H2,10,12). The molecule has 0 radical (unpaired) electrons. The Morgan fingerprint density at radius 3 is 2.86 bits per heavy atom. The second kappa shape index (κ2) is 4.45. The number of primary amides is 1. The van der Waals surface area contributed by atoms with E-state index in [4.69, 9.17) is 14.9 Å². The zero-order valence-corrected chi connectivity index (χ0v) is 7.67. The molecule has 0 aliphatic heterocycles. The predicted octanol–water partition coefficient (Wildman–Crippen LogP) is 1.25. The fraction of sp³-hybridized carbons (Fsp3) is 0.333. The molecule has 0 saturated carbocycles. The summed E-state index contributed by atoms with van der Waals surface area (Å²) in [5, 5.41) is 0. The molecule has 1 aromatic heterocycles. The number of hydrogen-bond donors (Lipinski definition) is 1. The molecular formula is C9H11NO4. The van der Waals surface area contributed by atoms with Crippen molar-refractivity contribution in [1.82, 2.24) is 0 Å². The number of carbonyl (C=O) groups excluding carboxylic acids is 2. The van der Waals surface area contributed by atoms with Crippen molar-refractivity contribution in [3.05, 3.63) is 24.2 Å². The van der Waals surface area contributed by atoms with Crippen molar-refractivity contribution < 1.29 is 18.7 Å². The van der Waals surface area contributed by atoms with Gasteiger partial charge in [-0.2, -0.15) is 0 Å². The lowest BCUT2D eigenvalue weighted by molar-refractivity contribution is -0.114. The fourth-order valence-corrected chi connectivity index (χ4v) is 1.07. The van der Waals surface area contributed by atoms with Gasteiger partial charge >= 0.3 is 6.09 Å². The summed E-state index contributed by atoms with van der Waals surface area (Å²) in [4.78, 5) is 21.1. The second-order valence-electron chi connectivity index (χ2n) is 2.87. The first kappa shape index (κ1) is 10.3. The molecule has 5 heteroatoms. The maximum absolute atomic E-state index is 10.6. The summed E-state index contributed by atoms with van der Waals surface area (Å²) < 4.78 is 9.79. The topological polar surface area (TPSA) is 82.5 Å². The van der Waals surface area contributed by atoms with Crippen LogP contribution < -0.4 is 5.73 Å². The minimum Gasteiger partial charge on any atom is -0.465 e. The number of carbonyl (C=O) groups is 2. The van der Waals surface area contributed by atoms with Gasteiger partial charge in [-0.3, -0.25) is 0 Å². The van der Waals surface area contributed by atoms with Crippen LogP contribution in [0.15, 0.2) is 22.8 Å². The summed E-state index contributed by atoms with van der Waals surface area (Å²) in [7, 11) is 0. The van der Waals surface area contributed by atoms with Crippen molar-refractivity contribution in [1.29, 1.82) is 0 Å². The second-order valence-corrected chi connectivity index (χ2v) is 2.87. The van der Waals surface area contributed by atoms with E-state index in [0.29, 0.717) is 12.0 Å². The number of hydrogen-bond acceptors (Lipinski definition) is 4. The lowest BCUT2D eigenvalue weighted by atomic mass is 10.0. The highest BCUT2D eigenvalue weighted by Gasteiger charge is 2.24. The number of aldehydes is 1. The average Bonchev–Trinajstić information content (AvgIpc) is 2.65. The van der Waals surface area contributed by atoms with E-state index in [-0.39, 0.29) is 0 Å². The molecule has 1 amide bonds.